The normalized spacial score (nSPS) is 18.4. The molecule has 1 amide bonds. The molecule has 5 rings (SSSR count). The van der Waals surface area contributed by atoms with Crippen molar-refractivity contribution in [3.8, 4) is 5.95 Å². The highest BCUT2D eigenvalue weighted by Gasteiger charge is 2.31. The number of carbonyl (C=O) groups is 1. The maximum Gasteiger partial charge on any atom is 0.296 e. The second kappa shape index (κ2) is 10.1. The lowest BCUT2D eigenvalue weighted by Gasteiger charge is -2.29. The monoisotopic (exact) mass is 520 g/mol. The van der Waals surface area contributed by atoms with Gasteiger partial charge >= 0.3 is 0 Å². The summed E-state index contributed by atoms with van der Waals surface area (Å²) in [6.45, 7) is 5.05. The number of likely N-dealkylation sites (N-methyl/N-ethyl adjacent to an activating group) is 1. The lowest BCUT2D eigenvalue weighted by atomic mass is 10.2. The smallest absolute Gasteiger partial charge is 0.296 e. The van der Waals surface area contributed by atoms with E-state index in [1.807, 2.05) is 29.8 Å². The van der Waals surface area contributed by atoms with E-state index in [-0.39, 0.29) is 23.8 Å². The lowest BCUT2D eigenvalue weighted by molar-refractivity contribution is -0.127. The van der Waals surface area contributed by atoms with Gasteiger partial charge in [0.2, 0.25) is 23.8 Å². The molecule has 1 aromatic carbocycles. The van der Waals surface area contributed by atoms with E-state index in [9.17, 15) is 13.6 Å². The largest absolute Gasteiger partial charge is 0.378 e. The van der Waals surface area contributed by atoms with Crippen molar-refractivity contribution in [2.45, 2.75) is 25.8 Å². The van der Waals surface area contributed by atoms with Crippen LogP contribution in [0, 0.1) is 6.92 Å². The zero-order valence-corrected chi connectivity index (χ0v) is 20.8. The highest BCUT2D eigenvalue weighted by molar-refractivity contribution is 6.27. The van der Waals surface area contributed by atoms with Crippen molar-refractivity contribution in [1.82, 2.24) is 29.4 Å². The first kappa shape index (κ1) is 24.6. The second-order valence-corrected chi connectivity index (χ2v) is 9.18. The Morgan fingerprint density at radius 1 is 1.17 bits per heavy atom. The molecule has 2 aliphatic heterocycles. The van der Waals surface area contributed by atoms with Gasteiger partial charge in [-0.25, -0.2) is 13.8 Å². The first-order valence-electron chi connectivity index (χ1n) is 11.8. The van der Waals surface area contributed by atoms with Gasteiger partial charge in [0.15, 0.2) is 5.82 Å². The Labute approximate surface area is 211 Å². The average Bonchev–Trinajstić information content (AvgIpc) is 3.54. The minimum Gasteiger partial charge on any atom is -0.378 e. The van der Waals surface area contributed by atoms with Crippen LogP contribution in [0.5, 0.6) is 0 Å². The summed E-state index contributed by atoms with van der Waals surface area (Å²) < 4.78 is 35.1. The first-order valence-corrected chi connectivity index (χ1v) is 12.3. The molecule has 0 aliphatic carbocycles. The van der Waals surface area contributed by atoms with Gasteiger partial charge in [0.25, 0.3) is 6.43 Å². The Hall–Kier alpha value is -3.12. The van der Waals surface area contributed by atoms with E-state index < -0.39 is 12.2 Å². The van der Waals surface area contributed by atoms with Crippen LogP contribution in [0.15, 0.2) is 18.2 Å². The predicted octanol–water partition coefficient (Wildman–Crippen LogP) is 2.57. The van der Waals surface area contributed by atoms with E-state index in [0.29, 0.717) is 68.7 Å². The number of aromatic nitrogens is 5. The summed E-state index contributed by atoms with van der Waals surface area (Å²) in [7, 11) is 1.84. The number of anilines is 2. The van der Waals surface area contributed by atoms with E-state index in [2.05, 4.69) is 15.0 Å². The van der Waals surface area contributed by atoms with Crippen LogP contribution in [0.2, 0.25) is 0 Å². The third-order valence-corrected chi connectivity index (χ3v) is 6.92. The number of hydrogen-bond acceptors (Lipinski definition) is 8. The number of morpholine rings is 1. The van der Waals surface area contributed by atoms with Crippen LogP contribution in [0.25, 0.3) is 17.0 Å². The molecule has 36 heavy (non-hydrogen) atoms. The Bertz CT molecular complexity index is 1270. The summed E-state index contributed by atoms with van der Waals surface area (Å²) in [4.78, 5) is 35.8. The number of alkyl halides is 3. The van der Waals surface area contributed by atoms with E-state index in [1.165, 1.54) is 4.57 Å². The molecule has 1 atom stereocenters. The van der Waals surface area contributed by atoms with Crippen LogP contribution < -0.4 is 9.80 Å². The van der Waals surface area contributed by atoms with Gasteiger partial charge in [-0.15, -0.1) is 11.6 Å². The van der Waals surface area contributed by atoms with Crippen LogP contribution in [-0.2, 0) is 9.53 Å². The number of rotatable bonds is 6. The summed E-state index contributed by atoms with van der Waals surface area (Å²) >= 11 is 5.74. The SMILES string of the molecule is Cc1cccc2c1nc(C(F)F)n2-c1nc(N2CCOCC2)nc(N(C)[C@H]2CCN(C(=O)CCl)C2)n1. The van der Waals surface area contributed by atoms with Crippen LogP contribution in [0.3, 0.4) is 0 Å². The molecule has 10 nitrogen and oxygen atoms in total. The molecule has 0 saturated carbocycles. The zero-order chi connectivity index (χ0) is 25.4. The Morgan fingerprint density at radius 2 is 1.92 bits per heavy atom. The quantitative estimate of drug-likeness (QED) is 0.458. The molecule has 0 spiro atoms. The topological polar surface area (TPSA) is 92.5 Å². The molecule has 4 heterocycles. The number of carbonyl (C=O) groups excluding carboxylic acids is 1. The molecule has 192 valence electrons. The highest BCUT2D eigenvalue weighted by Crippen LogP contribution is 2.30. The van der Waals surface area contributed by atoms with Crippen molar-refractivity contribution >= 4 is 40.4 Å². The van der Waals surface area contributed by atoms with Crippen molar-refractivity contribution in [2.75, 3.05) is 62.1 Å². The molecule has 2 aliphatic rings. The fraction of sp³-hybridized carbons (Fsp3) is 0.522. The third kappa shape index (κ3) is 4.55. The van der Waals surface area contributed by atoms with Gasteiger partial charge < -0.3 is 19.4 Å². The molecule has 13 heteroatoms. The van der Waals surface area contributed by atoms with Gasteiger partial charge in [-0.05, 0) is 25.0 Å². The van der Waals surface area contributed by atoms with Crippen molar-refractivity contribution in [3.63, 3.8) is 0 Å². The molecule has 2 saturated heterocycles. The number of likely N-dealkylation sites (tertiary alicyclic amines) is 1. The van der Waals surface area contributed by atoms with Gasteiger partial charge in [0.05, 0.1) is 30.3 Å². The molecular weight excluding hydrogens is 494 g/mol. The fourth-order valence-electron chi connectivity index (χ4n) is 4.65. The summed E-state index contributed by atoms with van der Waals surface area (Å²) in [5.41, 5.74) is 1.75. The van der Waals surface area contributed by atoms with Crippen LogP contribution in [-0.4, -0.2) is 93.7 Å². The van der Waals surface area contributed by atoms with Gasteiger partial charge in [-0.2, -0.15) is 15.0 Å². The van der Waals surface area contributed by atoms with Crippen molar-refractivity contribution in [1.29, 1.82) is 0 Å². The number of aryl methyl sites for hydroxylation is 1. The van der Waals surface area contributed by atoms with Gasteiger partial charge in [0, 0.05) is 33.2 Å². The summed E-state index contributed by atoms with van der Waals surface area (Å²) in [5.74, 6) is 0.166. The Morgan fingerprint density at radius 3 is 2.64 bits per heavy atom. The van der Waals surface area contributed by atoms with Gasteiger partial charge in [-0.1, -0.05) is 12.1 Å². The summed E-state index contributed by atoms with van der Waals surface area (Å²) in [6.07, 6.45) is -2.12. The minimum atomic E-state index is -2.83. The maximum absolute atomic E-state index is 14.2. The third-order valence-electron chi connectivity index (χ3n) is 6.70. The van der Waals surface area contributed by atoms with E-state index >= 15 is 0 Å². The molecule has 2 aromatic heterocycles. The van der Waals surface area contributed by atoms with Crippen molar-refractivity contribution in [3.05, 3.63) is 29.6 Å². The number of ether oxygens (including phenoxy) is 1. The van der Waals surface area contributed by atoms with Crippen LogP contribution in [0.1, 0.15) is 24.2 Å². The number of halogens is 3. The van der Waals surface area contributed by atoms with E-state index in [1.54, 1.807) is 17.0 Å². The molecule has 0 N–H and O–H groups in total. The fourth-order valence-corrected chi connectivity index (χ4v) is 4.82. The number of para-hydroxylation sites is 1. The highest BCUT2D eigenvalue weighted by atomic mass is 35.5. The average molecular weight is 521 g/mol. The van der Waals surface area contributed by atoms with Crippen molar-refractivity contribution in [2.24, 2.45) is 0 Å². The van der Waals surface area contributed by atoms with E-state index in [4.69, 9.17) is 21.3 Å². The minimum absolute atomic E-state index is 0.0544. The molecule has 0 unspecified atom stereocenters. The standard InChI is InChI=1S/C23H27ClF2N8O2/c1-14-4-3-5-16-18(14)27-20(19(25)26)34(16)23-29-21(28-22(30-23)32-8-10-36-11-9-32)31(2)15-6-7-33(13-15)17(35)12-24/h3-5,15,19H,6-13H2,1-2H3/t15-/m0/s1. The molecule has 0 radical (unpaired) electrons. The summed E-state index contributed by atoms with van der Waals surface area (Å²) in [6, 6.07) is 5.30. The van der Waals surface area contributed by atoms with Crippen LogP contribution >= 0.6 is 11.6 Å². The number of hydrogen-bond donors (Lipinski definition) is 0. The van der Waals surface area contributed by atoms with E-state index in [0.717, 1.165) is 5.56 Å². The zero-order valence-electron chi connectivity index (χ0n) is 20.1. The molecule has 3 aromatic rings. The number of nitrogens with zero attached hydrogens (tertiary/aromatic N) is 8. The number of fused-ring (bicyclic) bond motifs is 1. The lowest BCUT2D eigenvalue weighted by Crippen LogP contribution is -2.40. The first-order chi connectivity index (χ1) is 17.4. The Kier molecular flexibility index (Phi) is 6.89. The molecule has 2 fully saturated rings. The van der Waals surface area contributed by atoms with Gasteiger partial charge in [-0.3, -0.25) is 9.36 Å². The van der Waals surface area contributed by atoms with Gasteiger partial charge in [0.1, 0.15) is 5.88 Å². The number of imidazole rings is 1. The summed E-state index contributed by atoms with van der Waals surface area (Å²) in [5, 5.41) is 0. The molecular formula is C23H27ClF2N8O2. The number of benzene rings is 1. The maximum atomic E-state index is 14.2. The second-order valence-electron chi connectivity index (χ2n) is 8.91. The van der Waals surface area contributed by atoms with Crippen LogP contribution in [0.4, 0.5) is 20.7 Å². The predicted molar refractivity (Wildman–Crippen MR) is 131 cm³/mol. The Balaban J connectivity index is 1.61. The molecule has 0 bridgehead atoms. The van der Waals surface area contributed by atoms with Crippen molar-refractivity contribution < 1.29 is 18.3 Å². The number of amides is 1.